The summed E-state index contributed by atoms with van der Waals surface area (Å²) < 4.78 is 16.7. The van der Waals surface area contributed by atoms with Crippen LogP contribution in [0, 0.1) is 0 Å². The van der Waals surface area contributed by atoms with Crippen LogP contribution in [-0.2, 0) is 13.3 Å². The summed E-state index contributed by atoms with van der Waals surface area (Å²) in [5.41, 5.74) is 1.22. The lowest BCUT2D eigenvalue weighted by Crippen LogP contribution is -2.44. The molecule has 0 aromatic heterocycles. The number of hydrogen-bond donors (Lipinski definition) is 1. The molecule has 0 fully saturated rings. The molecule has 1 aromatic carbocycles. The van der Waals surface area contributed by atoms with E-state index in [-0.39, 0.29) is 6.04 Å². The Morgan fingerprint density at radius 2 is 1.90 bits per heavy atom. The van der Waals surface area contributed by atoms with Gasteiger partial charge in [-0.15, -0.1) is 6.58 Å². The van der Waals surface area contributed by atoms with E-state index in [1.807, 2.05) is 31.2 Å². The molecule has 0 amide bonds. The van der Waals surface area contributed by atoms with E-state index in [9.17, 15) is 0 Å². The van der Waals surface area contributed by atoms with E-state index in [0.29, 0.717) is 6.61 Å². The molecule has 1 atom stereocenters. The quantitative estimate of drug-likeness (QED) is 0.387. The zero-order valence-electron chi connectivity index (χ0n) is 13.3. The summed E-state index contributed by atoms with van der Waals surface area (Å²) in [5.74, 6) is 0. The molecule has 1 rings (SSSR count). The van der Waals surface area contributed by atoms with Crippen molar-refractivity contribution in [3.05, 3.63) is 48.6 Å². The van der Waals surface area contributed by atoms with Gasteiger partial charge in [0.05, 0.1) is 6.04 Å². The Bertz CT molecular complexity index is 396. The fraction of sp³-hybridized carbons (Fsp3) is 0.500. The Labute approximate surface area is 129 Å². The summed E-state index contributed by atoms with van der Waals surface area (Å²) in [6, 6.07) is 11.3. The smallest absolute Gasteiger partial charge is 0.377 e. The van der Waals surface area contributed by atoms with Crippen LogP contribution in [0.2, 0.25) is 6.04 Å². The van der Waals surface area contributed by atoms with E-state index < -0.39 is 8.80 Å². The van der Waals surface area contributed by atoms with Gasteiger partial charge in [-0.25, -0.2) is 0 Å². The molecule has 0 aliphatic rings. The first-order chi connectivity index (χ1) is 10.2. The normalized spacial score (nSPS) is 13.1. The molecule has 1 aromatic rings. The maximum Gasteiger partial charge on any atom is 0.500 e. The van der Waals surface area contributed by atoms with Crippen molar-refractivity contribution < 1.29 is 13.3 Å². The average Bonchev–Trinajstić information content (AvgIpc) is 2.55. The summed E-state index contributed by atoms with van der Waals surface area (Å²) in [6.45, 7) is 7.33. The topological polar surface area (TPSA) is 39.7 Å². The fourth-order valence-electron chi connectivity index (χ4n) is 2.26. The largest absolute Gasteiger partial charge is 0.500 e. The molecule has 1 N–H and O–H groups in total. The van der Waals surface area contributed by atoms with Gasteiger partial charge in [0.1, 0.15) is 0 Å². The van der Waals surface area contributed by atoms with Crippen LogP contribution in [0.15, 0.2) is 43.0 Å². The zero-order valence-corrected chi connectivity index (χ0v) is 14.3. The second-order valence-corrected chi connectivity index (χ2v) is 7.68. The monoisotopic (exact) mass is 309 g/mol. The van der Waals surface area contributed by atoms with Gasteiger partial charge in [-0.05, 0) is 25.5 Å². The van der Waals surface area contributed by atoms with Crippen LogP contribution in [0.25, 0.3) is 0 Å². The summed E-state index contributed by atoms with van der Waals surface area (Å²) in [4.78, 5) is 0. The minimum absolute atomic E-state index is 0.166. The fourth-order valence-corrected chi connectivity index (χ4v) is 4.26. The lowest BCUT2D eigenvalue weighted by molar-refractivity contribution is 0.103. The predicted molar refractivity (Wildman–Crippen MR) is 88.2 cm³/mol. The van der Waals surface area contributed by atoms with Crippen molar-refractivity contribution in [2.75, 3.05) is 27.4 Å². The highest BCUT2D eigenvalue weighted by Crippen LogP contribution is 2.17. The highest BCUT2D eigenvalue weighted by Gasteiger charge is 2.37. The van der Waals surface area contributed by atoms with Crippen molar-refractivity contribution >= 4 is 8.80 Å². The summed E-state index contributed by atoms with van der Waals surface area (Å²) in [5, 5.41) is 3.49. The molecule has 0 saturated carbocycles. The number of hydrogen-bond acceptors (Lipinski definition) is 4. The lowest BCUT2D eigenvalue weighted by atomic mass is 10.1. The van der Waals surface area contributed by atoms with Crippen LogP contribution in [0.1, 0.15) is 24.9 Å². The van der Waals surface area contributed by atoms with Crippen molar-refractivity contribution in [1.82, 2.24) is 5.32 Å². The van der Waals surface area contributed by atoms with Crippen LogP contribution in [-0.4, -0.2) is 36.2 Å². The summed E-state index contributed by atoms with van der Waals surface area (Å²) >= 11 is 0. The third-order valence-electron chi connectivity index (χ3n) is 3.40. The molecule has 21 heavy (non-hydrogen) atoms. The summed E-state index contributed by atoms with van der Waals surface area (Å²) in [7, 11) is 0.853. The molecule has 1 unspecified atom stereocenters. The maximum absolute atomic E-state index is 5.69. The van der Waals surface area contributed by atoms with Crippen molar-refractivity contribution in [2.24, 2.45) is 0 Å². The van der Waals surface area contributed by atoms with Crippen LogP contribution >= 0.6 is 0 Å². The molecule has 5 heteroatoms. The predicted octanol–water partition coefficient (Wildman–Crippen LogP) is 3.16. The SMILES string of the molecule is C=CC(NCCC[Si](OC)(OC)OCC)c1ccccc1. The van der Waals surface area contributed by atoms with E-state index in [2.05, 4.69) is 24.0 Å². The highest BCUT2D eigenvalue weighted by molar-refractivity contribution is 6.60. The second-order valence-electron chi connectivity index (χ2n) is 4.71. The Kier molecular flexibility index (Phi) is 8.49. The van der Waals surface area contributed by atoms with Crippen molar-refractivity contribution in [2.45, 2.75) is 25.4 Å². The Hall–Kier alpha value is -0.983. The van der Waals surface area contributed by atoms with Crippen LogP contribution < -0.4 is 5.32 Å². The van der Waals surface area contributed by atoms with E-state index in [0.717, 1.165) is 19.0 Å². The molecule has 0 aliphatic carbocycles. The highest BCUT2D eigenvalue weighted by atomic mass is 28.4. The van der Waals surface area contributed by atoms with Crippen molar-refractivity contribution in [3.8, 4) is 0 Å². The molecule has 0 spiro atoms. The zero-order chi connectivity index (χ0) is 15.6. The van der Waals surface area contributed by atoms with Gasteiger partial charge < -0.3 is 18.6 Å². The van der Waals surface area contributed by atoms with Gasteiger partial charge in [-0.1, -0.05) is 36.4 Å². The van der Waals surface area contributed by atoms with E-state index in [1.54, 1.807) is 14.2 Å². The lowest BCUT2D eigenvalue weighted by Gasteiger charge is -2.26. The van der Waals surface area contributed by atoms with Gasteiger partial charge in [0, 0.05) is 26.9 Å². The molecular formula is C16H27NO3Si. The second kappa shape index (κ2) is 9.86. The number of benzene rings is 1. The first-order valence-electron chi connectivity index (χ1n) is 7.36. The average molecular weight is 309 g/mol. The Morgan fingerprint density at radius 3 is 2.43 bits per heavy atom. The molecule has 0 radical (unpaired) electrons. The molecule has 4 nitrogen and oxygen atoms in total. The Balaban J connectivity index is 2.43. The van der Waals surface area contributed by atoms with Crippen molar-refractivity contribution in [3.63, 3.8) is 0 Å². The molecule has 0 aliphatic heterocycles. The molecule has 0 heterocycles. The van der Waals surface area contributed by atoms with Crippen molar-refractivity contribution in [1.29, 1.82) is 0 Å². The minimum Gasteiger partial charge on any atom is -0.377 e. The van der Waals surface area contributed by atoms with Crippen LogP contribution in [0.5, 0.6) is 0 Å². The third-order valence-corrected chi connectivity index (χ3v) is 6.34. The summed E-state index contributed by atoms with van der Waals surface area (Å²) in [6.07, 6.45) is 2.86. The van der Waals surface area contributed by atoms with Gasteiger partial charge in [0.25, 0.3) is 0 Å². The number of nitrogens with one attached hydrogen (secondary N) is 1. The van der Waals surface area contributed by atoms with Gasteiger partial charge >= 0.3 is 8.80 Å². The van der Waals surface area contributed by atoms with Gasteiger partial charge in [-0.3, -0.25) is 0 Å². The first-order valence-corrected chi connectivity index (χ1v) is 9.29. The van der Waals surface area contributed by atoms with E-state index in [1.165, 1.54) is 5.56 Å². The minimum atomic E-state index is -2.47. The standard InChI is InChI=1S/C16H27NO3Si/c1-5-16(15-11-8-7-9-12-15)17-13-10-14-21(18-3,19-4)20-6-2/h5,7-9,11-12,16-17H,1,6,10,13-14H2,2-4H3. The van der Waals surface area contributed by atoms with Gasteiger partial charge in [0.15, 0.2) is 0 Å². The van der Waals surface area contributed by atoms with E-state index >= 15 is 0 Å². The molecular weight excluding hydrogens is 282 g/mol. The molecule has 0 bridgehead atoms. The third kappa shape index (κ3) is 5.72. The molecule has 0 saturated heterocycles. The Morgan fingerprint density at radius 1 is 1.24 bits per heavy atom. The number of rotatable bonds is 11. The van der Waals surface area contributed by atoms with E-state index in [4.69, 9.17) is 13.3 Å². The van der Waals surface area contributed by atoms with Crippen LogP contribution in [0.3, 0.4) is 0 Å². The van der Waals surface area contributed by atoms with Crippen LogP contribution in [0.4, 0.5) is 0 Å². The van der Waals surface area contributed by atoms with Gasteiger partial charge in [-0.2, -0.15) is 0 Å². The molecule has 118 valence electrons. The maximum atomic E-state index is 5.69. The van der Waals surface area contributed by atoms with Gasteiger partial charge in [0.2, 0.25) is 0 Å². The first kappa shape index (κ1) is 18.1.